The molecule has 9 atom stereocenters. The Morgan fingerprint density at radius 2 is 1.60 bits per heavy atom. The van der Waals surface area contributed by atoms with Crippen LogP contribution in [0.5, 0.6) is 0 Å². The first-order valence-electron chi connectivity index (χ1n) is 16.7. The zero-order valence-corrected chi connectivity index (χ0v) is 27.1. The van der Waals surface area contributed by atoms with Gasteiger partial charge in [-0.3, -0.25) is 4.79 Å². The van der Waals surface area contributed by atoms with Crippen molar-refractivity contribution >= 4 is 5.97 Å². The summed E-state index contributed by atoms with van der Waals surface area (Å²) in [5.41, 5.74) is 0.0664. The number of aliphatic hydroxyl groups is 2. The van der Waals surface area contributed by atoms with E-state index in [-0.39, 0.29) is 58.2 Å². The normalized spacial score (nSPS) is 45.1. The van der Waals surface area contributed by atoms with Gasteiger partial charge in [0.05, 0.1) is 23.7 Å². The van der Waals surface area contributed by atoms with Gasteiger partial charge in [0.2, 0.25) is 0 Å². The molecule has 2 N–H and O–H groups in total. The summed E-state index contributed by atoms with van der Waals surface area (Å²) in [5, 5.41) is 21.5. The maximum atomic E-state index is 14.4. The predicted octanol–water partition coefficient (Wildman–Crippen LogP) is 8.14. The fourth-order valence-corrected chi connectivity index (χ4v) is 11.6. The molecule has 4 nitrogen and oxygen atoms in total. The molecule has 6 rings (SSSR count). The lowest BCUT2D eigenvalue weighted by Gasteiger charge is -2.71. The van der Waals surface area contributed by atoms with Gasteiger partial charge in [-0.25, -0.2) is 8.78 Å². The zero-order valence-electron chi connectivity index (χ0n) is 27.1. The average molecular weight is 599 g/mol. The highest BCUT2D eigenvalue weighted by atomic mass is 19.1. The molecule has 238 valence electrons. The highest BCUT2D eigenvalue weighted by Crippen LogP contribution is 2.75. The van der Waals surface area contributed by atoms with Gasteiger partial charge in [-0.05, 0) is 116 Å². The fraction of sp³-hybridized carbons (Fsp3) is 0.757. The van der Waals surface area contributed by atoms with Crippen molar-refractivity contribution in [2.75, 3.05) is 6.61 Å². The summed E-state index contributed by atoms with van der Waals surface area (Å²) in [7, 11) is 0. The number of hydrogen-bond acceptors (Lipinski definition) is 4. The number of esters is 1. The number of fused-ring (bicyclic) bond motifs is 7. The Labute approximate surface area is 256 Å². The first-order chi connectivity index (χ1) is 20.1. The van der Waals surface area contributed by atoms with Crippen LogP contribution in [-0.4, -0.2) is 28.9 Å². The molecule has 43 heavy (non-hydrogen) atoms. The highest BCUT2D eigenvalue weighted by Gasteiger charge is 2.69. The molecule has 0 saturated heterocycles. The molecule has 0 radical (unpaired) electrons. The first kappa shape index (κ1) is 31.2. The van der Waals surface area contributed by atoms with Gasteiger partial charge in [0, 0.05) is 5.41 Å². The summed E-state index contributed by atoms with van der Waals surface area (Å²) in [4.78, 5) is 14.1. The van der Waals surface area contributed by atoms with Crippen molar-refractivity contribution < 1.29 is 28.5 Å². The van der Waals surface area contributed by atoms with Gasteiger partial charge in [-0.1, -0.05) is 59.3 Å². The molecule has 4 fully saturated rings. The maximum absolute atomic E-state index is 14.4. The van der Waals surface area contributed by atoms with Crippen LogP contribution in [0.15, 0.2) is 29.8 Å². The number of ether oxygens (including phenoxy) is 1. The zero-order chi connectivity index (χ0) is 31.2. The number of hydrogen-bond donors (Lipinski definition) is 2. The van der Waals surface area contributed by atoms with Crippen molar-refractivity contribution in [3.63, 3.8) is 0 Å². The van der Waals surface area contributed by atoms with Crippen molar-refractivity contribution in [3.8, 4) is 0 Å². The van der Waals surface area contributed by atoms with Gasteiger partial charge in [0.25, 0.3) is 0 Å². The summed E-state index contributed by atoms with van der Waals surface area (Å²) in [6.45, 7) is 13.7. The second kappa shape index (κ2) is 10.1. The minimum Gasteiger partial charge on any atom is -0.460 e. The Bertz CT molecular complexity index is 1300. The highest BCUT2D eigenvalue weighted by molar-refractivity contribution is 5.79. The number of halogens is 2. The molecule has 0 aromatic heterocycles. The van der Waals surface area contributed by atoms with Gasteiger partial charge in [0.1, 0.15) is 18.2 Å². The quantitative estimate of drug-likeness (QED) is 0.271. The van der Waals surface area contributed by atoms with E-state index in [1.807, 2.05) is 0 Å². The van der Waals surface area contributed by atoms with Crippen LogP contribution in [0.25, 0.3) is 0 Å². The summed E-state index contributed by atoms with van der Waals surface area (Å²) in [6.07, 6.45) is 10.8. The number of carbonyl (C=O) groups is 1. The van der Waals surface area contributed by atoms with Crippen LogP contribution in [0.1, 0.15) is 111 Å². The second-order valence-electron chi connectivity index (χ2n) is 16.9. The van der Waals surface area contributed by atoms with E-state index in [9.17, 15) is 23.8 Å². The molecule has 0 amide bonds. The molecular weight excluding hydrogens is 546 g/mol. The van der Waals surface area contributed by atoms with Crippen molar-refractivity contribution in [1.29, 1.82) is 0 Å². The SMILES string of the molecule is CC1(C)CC[C@]2(C(=O)OCc3c(F)cccc3F)CC[C@]3(C)C(=CC[C@@H]4[C@@]5(C)CC[C@H](O)[C@@](C)(CO)[C@@H]5CC[C@]43C)[C@@H]2C1. The number of allylic oxidation sites excluding steroid dienone is 2. The van der Waals surface area contributed by atoms with Crippen LogP contribution < -0.4 is 0 Å². The van der Waals surface area contributed by atoms with E-state index in [1.54, 1.807) is 0 Å². The molecule has 4 saturated carbocycles. The Kier molecular flexibility index (Phi) is 7.33. The van der Waals surface area contributed by atoms with Crippen molar-refractivity contribution in [2.45, 2.75) is 118 Å². The summed E-state index contributed by atoms with van der Waals surface area (Å²) in [5.74, 6) is -0.961. The van der Waals surface area contributed by atoms with Crippen molar-refractivity contribution in [3.05, 3.63) is 47.0 Å². The Balaban J connectivity index is 1.36. The van der Waals surface area contributed by atoms with Crippen LogP contribution in [0.2, 0.25) is 0 Å². The molecule has 0 aliphatic heterocycles. The fourth-order valence-electron chi connectivity index (χ4n) is 11.6. The summed E-state index contributed by atoms with van der Waals surface area (Å²) >= 11 is 0. The molecule has 0 unspecified atom stereocenters. The van der Waals surface area contributed by atoms with Crippen LogP contribution in [0, 0.1) is 61.9 Å². The average Bonchev–Trinajstić information content (AvgIpc) is 2.95. The third-order valence-corrected chi connectivity index (χ3v) is 14.6. The number of carbonyl (C=O) groups excluding carboxylic acids is 1. The van der Waals surface area contributed by atoms with Crippen molar-refractivity contribution in [2.24, 2.45) is 50.2 Å². The van der Waals surface area contributed by atoms with E-state index in [0.717, 1.165) is 64.2 Å². The molecule has 5 aliphatic rings. The molecule has 0 heterocycles. The van der Waals surface area contributed by atoms with Gasteiger partial charge in [-0.15, -0.1) is 0 Å². The van der Waals surface area contributed by atoms with E-state index in [2.05, 4.69) is 47.6 Å². The molecule has 1 aromatic carbocycles. The molecule has 0 bridgehead atoms. The summed E-state index contributed by atoms with van der Waals surface area (Å²) < 4.78 is 34.7. The van der Waals surface area contributed by atoms with Crippen LogP contribution in [-0.2, 0) is 16.1 Å². The molecule has 1 aromatic rings. The van der Waals surface area contributed by atoms with Crippen LogP contribution in [0.3, 0.4) is 0 Å². The Morgan fingerprint density at radius 1 is 0.930 bits per heavy atom. The number of aliphatic hydroxyl groups excluding tert-OH is 2. The van der Waals surface area contributed by atoms with E-state index >= 15 is 0 Å². The minimum atomic E-state index is -0.687. The lowest BCUT2D eigenvalue weighted by atomic mass is 9.33. The smallest absolute Gasteiger partial charge is 0.313 e. The van der Waals surface area contributed by atoms with E-state index < -0.39 is 28.6 Å². The molecular formula is C37H52F2O4. The van der Waals surface area contributed by atoms with Crippen molar-refractivity contribution in [1.82, 2.24) is 0 Å². The maximum Gasteiger partial charge on any atom is 0.313 e. The lowest BCUT2D eigenvalue weighted by Crippen LogP contribution is -2.66. The lowest BCUT2D eigenvalue weighted by molar-refractivity contribution is -0.217. The number of rotatable bonds is 4. The predicted molar refractivity (Wildman–Crippen MR) is 163 cm³/mol. The van der Waals surface area contributed by atoms with Gasteiger partial charge >= 0.3 is 5.97 Å². The summed E-state index contributed by atoms with van der Waals surface area (Å²) in [6, 6.07) is 3.74. The Morgan fingerprint density at radius 3 is 2.28 bits per heavy atom. The topological polar surface area (TPSA) is 66.8 Å². The largest absolute Gasteiger partial charge is 0.460 e. The van der Waals surface area contributed by atoms with Crippen LogP contribution in [0.4, 0.5) is 8.78 Å². The van der Waals surface area contributed by atoms with E-state index in [0.29, 0.717) is 5.92 Å². The number of benzene rings is 1. The first-order valence-corrected chi connectivity index (χ1v) is 16.7. The third kappa shape index (κ3) is 4.27. The monoisotopic (exact) mass is 598 g/mol. The molecule has 0 spiro atoms. The van der Waals surface area contributed by atoms with Gasteiger partial charge < -0.3 is 14.9 Å². The Hall–Kier alpha value is -1.79. The van der Waals surface area contributed by atoms with Crippen LogP contribution >= 0.6 is 0 Å². The van der Waals surface area contributed by atoms with Gasteiger partial charge in [-0.2, -0.15) is 0 Å². The second-order valence-corrected chi connectivity index (χ2v) is 16.9. The molecule has 5 aliphatic carbocycles. The third-order valence-electron chi connectivity index (χ3n) is 14.6. The molecule has 6 heteroatoms. The van der Waals surface area contributed by atoms with Gasteiger partial charge in [0.15, 0.2) is 0 Å². The minimum absolute atomic E-state index is 0.00871. The van der Waals surface area contributed by atoms with E-state index in [1.165, 1.54) is 23.8 Å². The standard InChI is InChI=1S/C37H52F2O4/c1-32(2)16-18-37(31(42)43-21-23-26(38)8-7-9-27(23)39)19-17-35(5)24(25(37)20-32)10-11-29-33(3)14-13-30(41)34(4,22-40)28(33)12-15-36(29,35)6/h7-10,25,28-30,40-41H,11-22H2,1-6H3/t25-,28+,29+,30-,33-,34-,35+,36+,37-/m0/s1. The van der Waals surface area contributed by atoms with E-state index in [4.69, 9.17) is 4.74 Å².